The van der Waals surface area contributed by atoms with Crippen LogP contribution in [-0.2, 0) is 14.2 Å². The van der Waals surface area contributed by atoms with E-state index in [1.54, 1.807) is 0 Å². The summed E-state index contributed by atoms with van der Waals surface area (Å²) in [4.78, 5) is 39.5. The molecule has 9 heteroatoms. The second-order valence-corrected chi connectivity index (χ2v) is 1.34. The van der Waals surface area contributed by atoms with Gasteiger partial charge in [0.2, 0.25) is 0 Å². The molecule has 0 saturated carbocycles. The quantitative estimate of drug-likeness (QED) is 0.433. The molecule has 9 nitrogen and oxygen atoms in total. The van der Waals surface area contributed by atoms with Crippen molar-refractivity contribution in [2.45, 2.75) is 0 Å². The van der Waals surface area contributed by atoms with Gasteiger partial charge in [0, 0.05) is 2.85 Å². The molecule has 0 rings (SSSR count). The van der Waals surface area contributed by atoms with Crippen molar-refractivity contribution in [2.24, 2.45) is 0 Å². The smallest absolute Gasteiger partial charge is 0.449 e. The normalized spacial score (nSPS) is 8.31. The van der Waals surface area contributed by atoms with E-state index in [2.05, 4.69) is 14.2 Å². The number of carbonyl (C=O) groups is 4. The maximum absolute atomic E-state index is 10.1. The topological polar surface area (TPSA) is 136 Å². The fourth-order valence-corrected chi connectivity index (χ4v) is 0.252. The van der Waals surface area contributed by atoms with Crippen molar-refractivity contribution in [2.75, 3.05) is 0 Å². The predicted octanol–water partition coefficient (Wildman–Crippen LogP) is 1.12. The van der Waals surface area contributed by atoms with Crippen LogP contribution in [0.15, 0.2) is 0 Å². The minimum atomic E-state index is -2.01. The Balaban J connectivity index is -0.000000720. The third-order valence-electron chi connectivity index (χ3n) is 0.508. The summed E-state index contributed by atoms with van der Waals surface area (Å²) in [5.74, 6) is 0. The van der Waals surface area contributed by atoms with E-state index in [1.807, 2.05) is 0 Å². The van der Waals surface area contributed by atoms with Gasteiger partial charge in [-0.3, -0.25) is 0 Å². The van der Waals surface area contributed by atoms with Crippen LogP contribution in [0.25, 0.3) is 0 Å². The van der Waals surface area contributed by atoms with Gasteiger partial charge in [0.25, 0.3) is 0 Å². The minimum Gasteiger partial charge on any atom is -0.449 e. The maximum Gasteiger partial charge on any atom is 0.528 e. The predicted molar refractivity (Wildman–Crippen MR) is 34.3 cm³/mol. The Morgan fingerprint density at radius 2 is 1.08 bits per heavy atom. The summed E-state index contributed by atoms with van der Waals surface area (Å²) in [5, 5.41) is 15.6. The number of rotatable bonds is 0. The third kappa shape index (κ3) is 6.09. The van der Waals surface area contributed by atoms with Gasteiger partial charge in [0.05, 0.1) is 0 Å². The first kappa shape index (κ1) is 10.7. The lowest BCUT2D eigenvalue weighted by Crippen LogP contribution is -2.19. The molecule has 0 saturated heterocycles. The maximum atomic E-state index is 10.1. The first-order chi connectivity index (χ1) is 5.91. The van der Waals surface area contributed by atoms with Crippen molar-refractivity contribution < 1.29 is 46.5 Å². The van der Waals surface area contributed by atoms with E-state index < -0.39 is 24.6 Å². The van der Waals surface area contributed by atoms with Gasteiger partial charge in [-0.25, -0.2) is 19.2 Å². The second-order valence-electron chi connectivity index (χ2n) is 1.34. The monoisotopic (exact) mass is 198 g/mol. The average Bonchev–Trinajstić information content (AvgIpc) is 1.80. The highest BCUT2D eigenvalue weighted by Gasteiger charge is 2.18. The molecule has 0 spiro atoms. The molecule has 0 fully saturated rings. The Kier molecular flexibility index (Phi) is 3.73. The van der Waals surface area contributed by atoms with Gasteiger partial charge in [-0.1, -0.05) is 0 Å². The van der Waals surface area contributed by atoms with Crippen LogP contribution in [0.3, 0.4) is 0 Å². The van der Waals surface area contributed by atoms with Crippen LogP contribution in [0.2, 0.25) is 0 Å². The lowest BCUT2D eigenvalue weighted by molar-refractivity contribution is 0.0415. The number of hydrogen-bond donors (Lipinski definition) is 2. The number of carboxylic acid groups (broad SMARTS) is 2. The summed E-state index contributed by atoms with van der Waals surface area (Å²) in [6.45, 7) is 0. The SMILES string of the molecule is O=C(O)OC(=O)OC(=O)OC(=O)O.[HH].[HH]. The van der Waals surface area contributed by atoms with E-state index in [1.165, 1.54) is 0 Å². The first-order valence-electron chi connectivity index (χ1n) is 2.49. The van der Waals surface area contributed by atoms with Crippen molar-refractivity contribution in [3.8, 4) is 0 Å². The molecule has 0 radical (unpaired) electrons. The lowest BCUT2D eigenvalue weighted by atomic mass is 11.2. The minimum absolute atomic E-state index is 0. The molecule has 0 unspecified atom stereocenters. The second kappa shape index (κ2) is 4.54. The van der Waals surface area contributed by atoms with Gasteiger partial charge in [0.15, 0.2) is 0 Å². The van der Waals surface area contributed by atoms with E-state index in [9.17, 15) is 19.2 Å². The Morgan fingerprint density at radius 3 is 1.31 bits per heavy atom. The summed E-state index contributed by atoms with van der Waals surface area (Å²) in [6.07, 6.45) is -7.82. The Hall–Kier alpha value is -2.32. The van der Waals surface area contributed by atoms with E-state index in [-0.39, 0.29) is 2.85 Å². The largest absolute Gasteiger partial charge is 0.528 e. The first-order valence-corrected chi connectivity index (χ1v) is 2.49. The molecular formula is C4H6O9. The zero-order chi connectivity index (χ0) is 10.4. The molecule has 0 aliphatic heterocycles. The molecule has 76 valence electrons. The molecule has 0 heterocycles. The van der Waals surface area contributed by atoms with Crippen molar-refractivity contribution in [1.82, 2.24) is 0 Å². The molecule has 2 N–H and O–H groups in total. The summed E-state index contributed by atoms with van der Waals surface area (Å²) in [5.41, 5.74) is 0. The summed E-state index contributed by atoms with van der Waals surface area (Å²) < 4.78 is 9.92. The molecular weight excluding hydrogens is 192 g/mol. The summed E-state index contributed by atoms with van der Waals surface area (Å²) >= 11 is 0. The number of ether oxygens (including phenoxy) is 3. The Labute approximate surface area is 72.4 Å². The molecule has 13 heavy (non-hydrogen) atoms. The van der Waals surface area contributed by atoms with Crippen LogP contribution in [0.1, 0.15) is 2.85 Å². The van der Waals surface area contributed by atoms with Gasteiger partial charge in [-0.05, 0) is 0 Å². The number of hydrogen-bond acceptors (Lipinski definition) is 7. The molecule has 0 aliphatic rings. The Morgan fingerprint density at radius 1 is 0.769 bits per heavy atom. The van der Waals surface area contributed by atoms with Gasteiger partial charge in [-0.15, -0.1) is 0 Å². The van der Waals surface area contributed by atoms with Gasteiger partial charge in [-0.2, -0.15) is 0 Å². The van der Waals surface area contributed by atoms with Crippen LogP contribution < -0.4 is 0 Å². The average molecular weight is 198 g/mol. The van der Waals surface area contributed by atoms with E-state index in [0.29, 0.717) is 0 Å². The molecule has 0 amide bonds. The molecule has 0 aromatic carbocycles. The van der Waals surface area contributed by atoms with E-state index >= 15 is 0 Å². The van der Waals surface area contributed by atoms with Crippen LogP contribution in [-0.4, -0.2) is 34.8 Å². The summed E-state index contributed by atoms with van der Waals surface area (Å²) in [7, 11) is 0. The van der Waals surface area contributed by atoms with Crippen LogP contribution in [0.4, 0.5) is 19.2 Å². The fourth-order valence-electron chi connectivity index (χ4n) is 0.252. The number of carbonyl (C=O) groups excluding carboxylic acids is 2. The van der Waals surface area contributed by atoms with Crippen LogP contribution in [0.5, 0.6) is 0 Å². The van der Waals surface area contributed by atoms with Crippen LogP contribution in [0, 0.1) is 0 Å². The standard InChI is InChI=1S/C4H2O9.2H2/c5-1(6)11-3(9)13-4(10)12-2(7)8;;/h(H,5,6)(H,7,8);2*1H. The highest BCUT2D eigenvalue weighted by molar-refractivity contribution is 5.86. The third-order valence-corrected chi connectivity index (χ3v) is 0.508. The van der Waals surface area contributed by atoms with E-state index in [4.69, 9.17) is 10.2 Å². The highest BCUT2D eigenvalue weighted by atomic mass is 16.9. The van der Waals surface area contributed by atoms with Crippen molar-refractivity contribution in [3.05, 3.63) is 0 Å². The summed E-state index contributed by atoms with van der Waals surface area (Å²) in [6, 6.07) is 0. The fraction of sp³-hybridized carbons (Fsp3) is 0. The van der Waals surface area contributed by atoms with Crippen molar-refractivity contribution >= 4 is 24.6 Å². The Bertz CT molecular complexity index is 235. The molecule has 0 bridgehead atoms. The van der Waals surface area contributed by atoms with Crippen LogP contribution >= 0.6 is 0 Å². The zero-order valence-electron chi connectivity index (χ0n) is 5.75. The van der Waals surface area contributed by atoms with Crippen molar-refractivity contribution in [1.29, 1.82) is 0 Å². The van der Waals surface area contributed by atoms with Gasteiger partial charge >= 0.3 is 24.6 Å². The highest BCUT2D eigenvalue weighted by Crippen LogP contribution is 1.91. The lowest BCUT2D eigenvalue weighted by Gasteiger charge is -1.97. The molecule has 0 atom stereocenters. The molecule has 0 aliphatic carbocycles. The van der Waals surface area contributed by atoms with Gasteiger partial charge in [0.1, 0.15) is 0 Å². The van der Waals surface area contributed by atoms with E-state index in [0.717, 1.165) is 0 Å². The zero-order valence-corrected chi connectivity index (χ0v) is 5.75. The van der Waals surface area contributed by atoms with Crippen molar-refractivity contribution in [3.63, 3.8) is 0 Å². The molecule has 0 aromatic rings. The molecule has 0 aromatic heterocycles. The van der Waals surface area contributed by atoms with Gasteiger partial charge < -0.3 is 24.4 Å².